The molecule has 0 spiro atoms. The van der Waals surface area contributed by atoms with E-state index in [1.165, 1.54) is 0 Å². The molecule has 6 heteroatoms. The number of nitrogens with one attached hydrogen (secondary N) is 1. The largest absolute Gasteiger partial charge is 0.481 e. The van der Waals surface area contributed by atoms with Crippen molar-refractivity contribution in [3.63, 3.8) is 0 Å². The van der Waals surface area contributed by atoms with Crippen LogP contribution >= 0.6 is 0 Å². The minimum absolute atomic E-state index is 0.0988. The van der Waals surface area contributed by atoms with Crippen molar-refractivity contribution in [1.82, 2.24) is 5.32 Å². The third-order valence-electron chi connectivity index (χ3n) is 0.978. The van der Waals surface area contributed by atoms with Gasteiger partial charge in [-0.25, -0.2) is 4.79 Å². The normalized spacial score (nSPS) is 12.1. The first-order valence-corrected chi connectivity index (χ1v) is 2.99. The lowest BCUT2D eigenvalue weighted by atomic mass is 10.2. The average molecular weight is 162 g/mol. The zero-order valence-electron chi connectivity index (χ0n) is 5.78. The summed E-state index contributed by atoms with van der Waals surface area (Å²) in [6, 6.07) is 0. The summed E-state index contributed by atoms with van der Waals surface area (Å²) in [5.41, 5.74) is 5.17. The van der Waals surface area contributed by atoms with Gasteiger partial charge >= 0.3 is 12.1 Å². The zero-order valence-corrected chi connectivity index (χ0v) is 5.78. The lowest BCUT2D eigenvalue weighted by molar-refractivity contribution is -0.137. The molecule has 0 aromatic heterocycles. The number of carbonyl (C=O) groups is 2. The van der Waals surface area contributed by atoms with Crippen LogP contribution in [0.15, 0.2) is 0 Å². The molecule has 0 saturated heterocycles. The van der Waals surface area contributed by atoms with E-state index in [2.05, 4.69) is 0 Å². The van der Waals surface area contributed by atoms with Gasteiger partial charge in [-0.2, -0.15) is 0 Å². The fraction of sp³-hybridized carbons (Fsp3) is 0.600. The Morgan fingerprint density at radius 1 is 1.45 bits per heavy atom. The summed E-state index contributed by atoms with van der Waals surface area (Å²) < 4.78 is 0. The third kappa shape index (κ3) is 6.59. The summed E-state index contributed by atoms with van der Waals surface area (Å²) in [6.07, 6.45) is -2.09. The van der Waals surface area contributed by atoms with E-state index in [9.17, 15) is 9.59 Å². The van der Waals surface area contributed by atoms with Crippen molar-refractivity contribution in [2.45, 2.75) is 19.0 Å². The summed E-state index contributed by atoms with van der Waals surface area (Å²) in [4.78, 5) is 19.9. The summed E-state index contributed by atoms with van der Waals surface area (Å²) in [5.74, 6) is -0.993. The fourth-order valence-electron chi connectivity index (χ4n) is 0.510. The predicted octanol–water partition coefficient (Wildman–Crippen LogP) is -0.596. The number of aliphatic carboxylic acids is 1. The first-order valence-electron chi connectivity index (χ1n) is 2.99. The molecule has 0 aliphatic rings. The quantitative estimate of drug-likeness (QED) is 0.412. The van der Waals surface area contributed by atoms with E-state index < -0.39 is 18.2 Å². The molecule has 0 aromatic carbocycles. The molecule has 0 aromatic rings. The van der Waals surface area contributed by atoms with Crippen molar-refractivity contribution in [2.75, 3.05) is 0 Å². The van der Waals surface area contributed by atoms with Crippen molar-refractivity contribution in [2.24, 2.45) is 5.73 Å². The van der Waals surface area contributed by atoms with Crippen molar-refractivity contribution < 1.29 is 19.8 Å². The molecular formula is C5H10N2O4. The second-order valence-corrected chi connectivity index (χ2v) is 1.99. The van der Waals surface area contributed by atoms with E-state index >= 15 is 0 Å². The maximum Gasteiger partial charge on any atom is 0.405 e. The van der Waals surface area contributed by atoms with Gasteiger partial charge in [-0.05, 0) is 6.42 Å². The Bertz CT molecular complexity index is 159. The molecule has 0 aliphatic carbocycles. The van der Waals surface area contributed by atoms with E-state index in [0.717, 1.165) is 0 Å². The highest BCUT2D eigenvalue weighted by molar-refractivity contribution is 5.67. The number of hydrogen-bond donors (Lipinski definition) is 4. The SMILES string of the molecule is N[C@H](CCC(=O)O)NC(=O)O. The zero-order chi connectivity index (χ0) is 8.85. The molecule has 0 unspecified atom stereocenters. The minimum atomic E-state index is -1.25. The summed E-state index contributed by atoms with van der Waals surface area (Å²) in [7, 11) is 0. The van der Waals surface area contributed by atoms with Crippen LogP contribution in [0.25, 0.3) is 0 Å². The van der Waals surface area contributed by atoms with Crippen LogP contribution in [0.3, 0.4) is 0 Å². The van der Waals surface area contributed by atoms with Crippen molar-refractivity contribution in [3.05, 3.63) is 0 Å². The van der Waals surface area contributed by atoms with Gasteiger partial charge in [0.25, 0.3) is 0 Å². The maximum absolute atomic E-state index is 9.96. The molecule has 11 heavy (non-hydrogen) atoms. The molecule has 1 amide bonds. The van der Waals surface area contributed by atoms with Crippen LogP contribution in [0.5, 0.6) is 0 Å². The van der Waals surface area contributed by atoms with Crippen LogP contribution in [-0.2, 0) is 4.79 Å². The minimum Gasteiger partial charge on any atom is -0.481 e. The van der Waals surface area contributed by atoms with E-state index in [-0.39, 0.29) is 12.8 Å². The smallest absolute Gasteiger partial charge is 0.405 e. The van der Waals surface area contributed by atoms with Gasteiger partial charge in [-0.15, -0.1) is 0 Å². The molecule has 0 fully saturated rings. The van der Waals surface area contributed by atoms with Gasteiger partial charge in [0, 0.05) is 6.42 Å². The molecule has 0 heterocycles. The molecule has 0 aliphatic heterocycles. The Hall–Kier alpha value is -1.30. The molecule has 64 valence electrons. The van der Waals surface area contributed by atoms with Gasteiger partial charge in [0.05, 0.1) is 6.17 Å². The fourth-order valence-corrected chi connectivity index (χ4v) is 0.510. The van der Waals surface area contributed by atoms with Gasteiger partial charge in [-0.3, -0.25) is 4.79 Å². The standard InChI is InChI=1S/C5H10N2O4/c6-3(7-5(10)11)1-2-4(8)9/h3,7H,1-2,6H2,(H,8,9)(H,10,11)/t3-/m0/s1. The first-order chi connectivity index (χ1) is 5.02. The molecule has 5 N–H and O–H groups in total. The number of nitrogens with two attached hydrogens (primary N) is 1. The third-order valence-corrected chi connectivity index (χ3v) is 0.978. The van der Waals surface area contributed by atoms with Crippen LogP contribution in [0.4, 0.5) is 4.79 Å². The maximum atomic E-state index is 9.96. The second-order valence-electron chi connectivity index (χ2n) is 1.99. The van der Waals surface area contributed by atoms with Crippen LogP contribution in [0.1, 0.15) is 12.8 Å². The van der Waals surface area contributed by atoms with Gasteiger partial charge in [0.1, 0.15) is 0 Å². The van der Waals surface area contributed by atoms with E-state index in [1.807, 2.05) is 5.32 Å². The van der Waals surface area contributed by atoms with Gasteiger partial charge < -0.3 is 21.3 Å². The molecule has 0 saturated carbocycles. The molecule has 1 atom stereocenters. The van der Waals surface area contributed by atoms with Crippen LogP contribution in [0.2, 0.25) is 0 Å². The Balaban J connectivity index is 3.44. The van der Waals surface area contributed by atoms with Gasteiger partial charge in [0.15, 0.2) is 0 Å². The Morgan fingerprint density at radius 3 is 2.36 bits per heavy atom. The molecule has 6 nitrogen and oxygen atoms in total. The summed E-state index contributed by atoms with van der Waals surface area (Å²) in [5, 5.41) is 18.2. The van der Waals surface area contributed by atoms with E-state index in [0.29, 0.717) is 0 Å². The monoisotopic (exact) mass is 162 g/mol. The number of hydrogen-bond acceptors (Lipinski definition) is 3. The average Bonchev–Trinajstić information content (AvgIpc) is 1.82. The number of amides is 1. The Morgan fingerprint density at radius 2 is 2.00 bits per heavy atom. The highest BCUT2D eigenvalue weighted by atomic mass is 16.4. The topological polar surface area (TPSA) is 113 Å². The Labute approximate surface area is 63.0 Å². The van der Waals surface area contributed by atoms with Gasteiger partial charge in [0.2, 0.25) is 0 Å². The lowest BCUT2D eigenvalue weighted by Gasteiger charge is -2.08. The Kier molecular flexibility index (Phi) is 3.97. The highest BCUT2D eigenvalue weighted by Gasteiger charge is 2.06. The second kappa shape index (κ2) is 4.51. The van der Waals surface area contributed by atoms with Crippen molar-refractivity contribution in [1.29, 1.82) is 0 Å². The predicted molar refractivity (Wildman–Crippen MR) is 36.0 cm³/mol. The van der Waals surface area contributed by atoms with Gasteiger partial charge in [-0.1, -0.05) is 0 Å². The van der Waals surface area contributed by atoms with Crippen molar-refractivity contribution >= 4 is 12.1 Å². The highest BCUT2D eigenvalue weighted by Crippen LogP contribution is 1.90. The lowest BCUT2D eigenvalue weighted by Crippen LogP contribution is -2.40. The van der Waals surface area contributed by atoms with Crippen molar-refractivity contribution in [3.8, 4) is 0 Å². The molecule has 0 rings (SSSR count). The number of rotatable bonds is 4. The van der Waals surface area contributed by atoms with Crippen LogP contribution < -0.4 is 11.1 Å². The number of carboxylic acid groups (broad SMARTS) is 2. The summed E-state index contributed by atoms with van der Waals surface area (Å²) in [6.45, 7) is 0. The molecule has 0 bridgehead atoms. The summed E-state index contributed by atoms with van der Waals surface area (Å²) >= 11 is 0. The molecular weight excluding hydrogens is 152 g/mol. The van der Waals surface area contributed by atoms with E-state index in [1.54, 1.807) is 0 Å². The van der Waals surface area contributed by atoms with E-state index in [4.69, 9.17) is 15.9 Å². The first kappa shape index (κ1) is 9.70. The number of carboxylic acids is 1. The van der Waals surface area contributed by atoms with Crippen LogP contribution in [0, 0.1) is 0 Å². The van der Waals surface area contributed by atoms with Crippen LogP contribution in [-0.4, -0.2) is 28.4 Å². The molecule has 0 radical (unpaired) electrons.